The number of halogens is 1. The van der Waals surface area contributed by atoms with Crippen molar-refractivity contribution in [2.45, 2.75) is 25.2 Å². The smallest absolute Gasteiger partial charge is 0.244 e. The van der Waals surface area contributed by atoms with Gasteiger partial charge in [-0.3, -0.25) is 0 Å². The second-order valence-electron chi connectivity index (χ2n) is 5.29. The fourth-order valence-electron chi connectivity index (χ4n) is 1.99. The molecule has 1 fully saturated rings. The molecule has 1 aliphatic rings. The number of nitrogens with two attached hydrogens (primary N) is 1. The molecule has 100 valence electrons. The summed E-state index contributed by atoms with van der Waals surface area (Å²) in [6, 6.07) is 1.35. The normalized spacial score (nSPS) is 20.2. The van der Waals surface area contributed by atoms with Crippen LogP contribution < -0.4 is 5.73 Å². The van der Waals surface area contributed by atoms with Crippen molar-refractivity contribution in [2.75, 3.05) is 18.8 Å². The number of hydrogen-bond donors (Lipinski definition) is 1. The largest absolute Gasteiger partial charge is 0.382 e. The number of pyridine rings is 1. The van der Waals surface area contributed by atoms with Gasteiger partial charge in [-0.25, -0.2) is 13.4 Å². The second-order valence-corrected chi connectivity index (χ2v) is 7.64. The lowest BCUT2D eigenvalue weighted by atomic mass is 9.93. The van der Waals surface area contributed by atoms with Crippen molar-refractivity contribution in [3.8, 4) is 0 Å². The molecule has 1 aromatic rings. The Bertz CT molecular complexity index is 572. The summed E-state index contributed by atoms with van der Waals surface area (Å²) in [7, 11) is -3.52. The monoisotopic (exact) mass is 289 g/mol. The number of aromatic nitrogens is 1. The third kappa shape index (κ3) is 2.46. The standard InChI is InChI=1S/C11H16ClN3O2S/c1-11(2)3-4-15(7-11)18(16,17)8-5-9(12)10(13)14-6-8/h5-6H,3-4,7H2,1-2H3,(H2,13,14). The van der Waals surface area contributed by atoms with E-state index in [-0.39, 0.29) is 21.2 Å². The van der Waals surface area contributed by atoms with Crippen LogP contribution in [-0.2, 0) is 10.0 Å². The van der Waals surface area contributed by atoms with Crippen molar-refractivity contribution in [2.24, 2.45) is 5.41 Å². The maximum Gasteiger partial charge on any atom is 0.244 e. The molecule has 1 aliphatic heterocycles. The molecular weight excluding hydrogens is 274 g/mol. The van der Waals surface area contributed by atoms with Crippen LogP contribution in [0.2, 0.25) is 5.02 Å². The van der Waals surface area contributed by atoms with Crippen molar-refractivity contribution in [3.05, 3.63) is 17.3 Å². The van der Waals surface area contributed by atoms with Gasteiger partial charge in [0.2, 0.25) is 10.0 Å². The van der Waals surface area contributed by atoms with Gasteiger partial charge in [0.1, 0.15) is 10.7 Å². The quantitative estimate of drug-likeness (QED) is 0.900. The molecule has 2 rings (SSSR count). The lowest BCUT2D eigenvalue weighted by molar-refractivity contribution is 0.375. The molecule has 18 heavy (non-hydrogen) atoms. The van der Waals surface area contributed by atoms with E-state index in [0.717, 1.165) is 6.42 Å². The van der Waals surface area contributed by atoms with Crippen LogP contribution in [0.5, 0.6) is 0 Å². The van der Waals surface area contributed by atoms with Crippen LogP contribution in [0.25, 0.3) is 0 Å². The topological polar surface area (TPSA) is 76.3 Å². The van der Waals surface area contributed by atoms with Crippen molar-refractivity contribution >= 4 is 27.4 Å². The minimum absolute atomic E-state index is 0.0120. The second kappa shape index (κ2) is 4.36. The highest BCUT2D eigenvalue weighted by Gasteiger charge is 2.37. The molecule has 1 aromatic heterocycles. The summed E-state index contributed by atoms with van der Waals surface area (Å²) in [5.41, 5.74) is 5.49. The Balaban J connectivity index is 2.34. The molecule has 0 unspecified atom stereocenters. The van der Waals surface area contributed by atoms with Crippen LogP contribution in [-0.4, -0.2) is 30.8 Å². The minimum atomic E-state index is -3.52. The molecule has 0 radical (unpaired) electrons. The van der Waals surface area contributed by atoms with E-state index in [4.69, 9.17) is 17.3 Å². The molecule has 0 spiro atoms. The molecule has 0 saturated carbocycles. The molecule has 2 heterocycles. The molecule has 0 bridgehead atoms. The van der Waals surface area contributed by atoms with E-state index in [0.29, 0.717) is 13.1 Å². The van der Waals surface area contributed by atoms with Crippen molar-refractivity contribution < 1.29 is 8.42 Å². The van der Waals surface area contributed by atoms with Gasteiger partial charge in [0.25, 0.3) is 0 Å². The third-order valence-electron chi connectivity index (χ3n) is 3.12. The summed E-state index contributed by atoms with van der Waals surface area (Å²) in [5, 5.41) is 0.162. The van der Waals surface area contributed by atoms with Crippen LogP contribution in [0.15, 0.2) is 17.2 Å². The number of nitrogens with zero attached hydrogens (tertiary/aromatic N) is 2. The Morgan fingerprint density at radius 2 is 2.17 bits per heavy atom. The lowest BCUT2D eigenvalue weighted by Gasteiger charge is -2.19. The molecule has 0 atom stereocenters. The van der Waals surface area contributed by atoms with E-state index in [2.05, 4.69) is 18.8 Å². The van der Waals surface area contributed by atoms with Gasteiger partial charge in [-0.1, -0.05) is 25.4 Å². The summed E-state index contributed by atoms with van der Waals surface area (Å²) in [5.74, 6) is 0.136. The number of anilines is 1. The predicted octanol–water partition coefficient (Wildman–Crippen LogP) is 1.74. The van der Waals surface area contributed by atoms with Gasteiger partial charge in [0.15, 0.2) is 0 Å². The Morgan fingerprint density at radius 1 is 1.50 bits per heavy atom. The zero-order valence-electron chi connectivity index (χ0n) is 10.4. The van der Waals surface area contributed by atoms with Gasteiger partial charge in [0, 0.05) is 19.3 Å². The summed E-state index contributed by atoms with van der Waals surface area (Å²) in [6.45, 7) is 5.14. The van der Waals surface area contributed by atoms with E-state index in [1.807, 2.05) is 0 Å². The zero-order valence-corrected chi connectivity index (χ0v) is 11.9. The van der Waals surface area contributed by atoms with Gasteiger partial charge in [0.05, 0.1) is 5.02 Å². The van der Waals surface area contributed by atoms with Gasteiger partial charge in [-0.2, -0.15) is 4.31 Å². The first-order valence-electron chi connectivity index (χ1n) is 5.64. The van der Waals surface area contributed by atoms with Gasteiger partial charge in [-0.05, 0) is 17.9 Å². The Labute approximate surface area is 112 Å². The van der Waals surface area contributed by atoms with Crippen LogP contribution >= 0.6 is 11.6 Å². The van der Waals surface area contributed by atoms with Gasteiger partial charge < -0.3 is 5.73 Å². The predicted molar refractivity (Wildman–Crippen MR) is 70.8 cm³/mol. The third-order valence-corrected chi connectivity index (χ3v) is 5.24. The maximum absolute atomic E-state index is 12.4. The van der Waals surface area contributed by atoms with E-state index in [1.165, 1.54) is 16.6 Å². The average Bonchev–Trinajstić information content (AvgIpc) is 2.63. The van der Waals surface area contributed by atoms with E-state index in [1.54, 1.807) is 0 Å². The summed E-state index contributed by atoms with van der Waals surface area (Å²) in [4.78, 5) is 3.89. The van der Waals surface area contributed by atoms with E-state index in [9.17, 15) is 8.42 Å². The van der Waals surface area contributed by atoms with Crippen LogP contribution in [0.3, 0.4) is 0 Å². The number of nitrogen functional groups attached to an aromatic ring is 1. The van der Waals surface area contributed by atoms with E-state index >= 15 is 0 Å². The highest BCUT2D eigenvalue weighted by atomic mass is 35.5. The Hall–Kier alpha value is -0.850. The zero-order chi connectivity index (χ0) is 13.6. The van der Waals surface area contributed by atoms with Crippen molar-refractivity contribution in [3.63, 3.8) is 0 Å². The van der Waals surface area contributed by atoms with Crippen molar-refractivity contribution in [1.82, 2.24) is 9.29 Å². The van der Waals surface area contributed by atoms with E-state index < -0.39 is 10.0 Å². The SMILES string of the molecule is CC1(C)CCN(S(=O)(=O)c2cnc(N)c(Cl)c2)C1. The van der Waals surface area contributed by atoms with Crippen LogP contribution in [0.4, 0.5) is 5.82 Å². The summed E-state index contributed by atoms with van der Waals surface area (Å²) >= 11 is 5.81. The first-order valence-corrected chi connectivity index (χ1v) is 7.45. The lowest BCUT2D eigenvalue weighted by Crippen LogP contribution is -2.30. The summed E-state index contributed by atoms with van der Waals surface area (Å²) in [6.07, 6.45) is 2.10. The van der Waals surface area contributed by atoms with Gasteiger partial charge in [-0.15, -0.1) is 0 Å². The fraction of sp³-hybridized carbons (Fsp3) is 0.545. The molecular formula is C11H16ClN3O2S. The fourth-order valence-corrected chi connectivity index (χ4v) is 3.82. The number of hydrogen-bond acceptors (Lipinski definition) is 4. The van der Waals surface area contributed by atoms with Crippen LogP contribution in [0, 0.1) is 5.41 Å². The Morgan fingerprint density at radius 3 is 2.67 bits per heavy atom. The molecule has 0 amide bonds. The first kappa shape index (κ1) is 13.6. The average molecular weight is 290 g/mol. The highest BCUT2D eigenvalue weighted by Crippen LogP contribution is 2.33. The number of sulfonamides is 1. The minimum Gasteiger partial charge on any atom is -0.382 e. The molecule has 7 heteroatoms. The Kier molecular flexibility index (Phi) is 3.29. The molecule has 2 N–H and O–H groups in total. The van der Waals surface area contributed by atoms with Crippen LogP contribution in [0.1, 0.15) is 20.3 Å². The first-order chi connectivity index (χ1) is 8.22. The molecule has 5 nitrogen and oxygen atoms in total. The maximum atomic E-state index is 12.4. The molecule has 0 aromatic carbocycles. The van der Waals surface area contributed by atoms with Gasteiger partial charge >= 0.3 is 0 Å². The molecule has 1 saturated heterocycles. The van der Waals surface area contributed by atoms with Crippen molar-refractivity contribution in [1.29, 1.82) is 0 Å². The number of rotatable bonds is 2. The summed E-state index contributed by atoms with van der Waals surface area (Å²) < 4.78 is 26.2. The molecule has 0 aliphatic carbocycles. The highest BCUT2D eigenvalue weighted by molar-refractivity contribution is 7.89.